The molecule has 1 amide bonds. The Bertz CT molecular complexity index is 1170. The molecular weight excluding hydrogens is 402 g/mol. The minimum Gasteiger partial charge on any atom is -0.369 e. The number of piperidine rings is 1. The minimum atomic E-state index is -0.336. The lowest BCUT2D eigenvalue weighted by molar-refractivity contribution is -0.123. The largest absolute Gasteiger partial charge is 0.369 e. The topological polar surface area (TPSA) is 104 Å². The van der Waals surface area contributed by atoms with Gasteiger partial charge in [-0.3, -0.25) is 9.69 Å². The number of pyridine rings is 1. The molecule has 4 rings (SSSR count). The highest BCUT2D eigenvalue weighted by atomic mass is 16.1. The van der Waals surface area contributed by atoms with Gasteiger partial charge in [0.15, 0.2) is 0 Å². The molecule has 1 fully saturated rings. The molecular formula is C24H29N7O. The molecule has 2 aromatic heterocycles. The van der Waals surface area contributed by atoms with Crippen LogP contribution in [-0.4, -0.2) is 45.5 Å². The van der Waals surface area contributed by atoms with Gasteiger partial charge in [-0.15, -0.1) is 0 Å². The van der Waals surface area contributed by atoms with E-state index in [9.17, 15) is 10.1 Å². The van der Waals surface area contributed by atoms with E-state index in [1.54, 1.807) is 12.5 Å². The monoisotopic (exact) mass is 431 g/mol. The molecule has 166 valence electrons. The summed E-state index contributed by atoms with van der Waals surface area (Å²) in [4.78, 5) is 24.6. The van der Waals surface area contributed by atoms with Crippen LogP contribution in [0.5, 0.6) is 0 Å². The maximum Gasteiger partial charge on any atom is 0.220 e. The number of carbonyl (C=O) groups excluding carboxylic acids is 1. The summed E-state index contributed by atoms with van der Waals surface area (Å²) >= 11 is 0. The Hall–Kier alpha value is -3.44. The van der Waals surface area contributed by atoms with Crippen molar-refractivity contribution in [2.45, 2.75) is 32.2 Å². The van der Waals surface area contributed by atoms with Crippen molar-refractivity contribution >= 4 is 28.4 Å². The lowest BCUT2D eigenvalue weighted by Crippen LogP contribution is -2.40. The van der Waals surface area contributed by atoms with Crippen molar-refractivity contribution in [2.75, 3.05) is 25.0 Å². The lowest BCUT2D eigenvalue weighted by atomic mass is 9.93. The van der Waals surface area contributed by atoms with Crippen molar-refractivity contribution in [1.82, 2.24) is 19.4 Å². The van der Waals surface area contributed by atoms with Crippen LogP contribution in [0.15, 0.2) is 36.8 Å². The maximum atomic E-state index is 11.5. The number of likely N-dealkylation sites (tertiary alicyclic amines) is 1. The zero-order valence-corrected chi connectivity index (χ0v) is 18.8. The van der Waals surface area contributed by atoms with Gasteiger partial charge >= 0.3 is 0 Å². The molecule has 0 saturated carbocycles. The molecule has 1 aliphatic rings. The van der Waals surface area contributed by atoms with Gasteiger partial charge in [0, 0.05) is 44.9 Å². The smallest absolute Gasteiger partial charge is 0.220 e. The third kappa shape index (κ3) is 4.04. The Labute approximate surface area is 188 Å². The van der Waals surface area contributed by atoms with Crippen LogP contribution in [0, 0.1) is 17.2 Å². The first kappa shape index (κ1) is 21.8. The number of carbonyl (C=O) groups is 1. The second-order valence-corrected chi connectivity index (χ2v) is 8.43. The number of amides is 1. The fraction of sp³-hybridized carbons (Fsp3) is 0.417. The van der Waals surface area contributed by atoms with Crippen LogP contribution in [-0.2, 0) is 18.3 Å². The molecule has 0 aliphatic carbocycles. The number of hydrogen-bond acceptors (Lipinski definition) is 6. The third-order valence-corrected chi connectivity index (χ3v) is 6.52. The van der Waals surface area contributed by atoms with Crippen molar-refractivity contribution in [1.29, 1.82) is 5.26 Å². The number of aromatic nitrogens is 3. The molecule has 32 heavy (non-hydrogen) atoms. The molecule has 8 nitrogen and oxygen atoms in total. The number of benzene rings is 1. The average Bonchev–Trinajstić information content (AvgIpc) is 3.19. The Morgan fingerprint density at radius 2 is 2.06 bits per heavy atom. The zero-order chi connectivity index (χ0) is 22.8. The summed E-state index contributed by atoms with van der Waals surface area (Å²) in [7, 11) is 3.98. The van der Waals surface area contributed by atoms with Gasteiger partial charge in [-0.1, -0.05) is 19.1 Å². The van der Waals surface area contributed by atoms with E-state index >= 15 is 0 Å². The molecule has 3 heterocycles. The summed E-state index contributed by atoms with van der Waals surface area (Å²) in [5.74, 6) is 0.516. The second kappa shape index (κ2) is 8.97. The predicted octanol–water partition coefficient (Wildman–Crippen LogP) is 3.06. The minimum absolute atomic E-state index is 0.0860. The summed E-state index contributed by atoms with van der Waals surface area (Å²) in [5, 5.41) is 9.92. The van der Waals surface area contributed by atoms with Crippen LogP contribution in [0.4, 0.5) is 11.5 Å². The van der Waals surface area contributed by atoms with E-state index in [1.807, 2.05) is 30.8 Å². The number of fused-ring (bicyclic) bond motifs is 1. The van der Waals surface area contributed by atoms with Gasteiger partial charge in [-0.05, 0) is 36.5 Å². The van der Waals surface area contributed by atoms with E-state index < -0.39 is 0 Å². The van der Waals surface area contributed by atoms with Crippen LogP contribution in [0.2, 0.25) is 0 Å². The quantitative estimate of drug-likeness (QED) is 0.643. The Kier molecular flexibility index (Phi) is 6.10. The van der Waals surface area contributed by atoms with Crippen molar-refractivity contribution in [3.63, 3.8) is 0 Å². The lowest BCUT2D eigenvalue weighted by Gasteiger charge is -2.34. The number of imidazole rings is 1. The van der Waals surface area contributed by atoms with E-state index in [0.717, 1.165) is 40.1 Å². The first-order chi connectivity index (χ1) is 15.4. The molecule has 8 heteroatoms. The van der Waals surface area contributed by atoms with Crippen molar-refractivity contribution in [3.8, 4) is 6.07 Å². The third-order valence-electron chi connectivity index (χ3n) is 6.52. The highest BCUT2D eigenvalue weighted by molar-refractivity contribution is 5.79. The van der Waals surface area contributed by atoms with E-state index in [4.69, 9.17) is 5.73 Å². The van der Waals surface area contributed by atoms with Crippen LogP contribution < -0.4 is 10.6 Å². The molecule has 0 radical (unpaired) electrons. The molecule has 1 unspecified atom stereocenters. The number of hydrogen-bond donors (Lipinski definition) is 1. The first-order valence-corrected chi connectivity index (χ1v) is 11.0. The maximum absolute atomic E-state index is 11.5. The molecule has 0 bridgehead atoms. The summed E-state index contributed by atoms with van der Waals surface area (Å²) in [6, 6.07) is 10.4. The Balaban J connectivity index is 1.59. The van der Waals surface area contributed by atoms with Gasteiger partial charge in [0.2, 0.25) is 5.91 Å². The number of nitrogens with zero attached hydrogens (tertiary/aromatic N) is 6. The van der Waals surface area contributed by atoms with Crippen molar-refractivity contribution in [3.05, 3.63) is 47.9 Å². The highest BCUT2D eigenvalue weighted by Gasteiger charge is 2.29. The molecule has 1 atom stereocenters. The average molecular weight is 432 g/mol. The SMILES string of the molecule is CCc1cc(C(C#N)N2CCC(C(N)=O)CC2)ccc1N(C)c1cc2c(cn1)ncn2C. The number of primary amides is 1. The normalized spacial score (nSPS) is 16.1. The van der Waals surface area contributed by atoms with E-state index in [2.05, 4.69) is 44.9 Å². The summed E-state index contributed by atoms with van der Waals surface area (Å²) < 4.78 is 1.98. The highest BCUT2D eigenvalue weighted by Crippen LogP contribution is 2.32. The van der Waals surface area contributed by atoms with Gasteiger partial charge in [0.05, 0.1) is 24.1 Å². The van der Waals surface area contributed by atoms with Gasteiger partial charge < -0.3 is 15.2 Å². The number of nitrogens with two attached hydrogens (primary N) is 1. The Morgan fingerprint density at radius 3 is 2.72 bits per heavy atom. The fourth-order valence-electron chi connectivity index (χ4n) is 4.52. The van der Waals surface area contributed by atoms with Crippen LogP contribution in [0.25, 0.3) is 11.0 Å². The van der Waals surface area contributed by atoms with Crippen LogP contribution in [0.1, 0.15) is 36.9 Å². The van der Waals surface area contributed by atoms with E-state index in [0.29, 0.717) is 25.9 Å². The molecule has 0 spiro atoms. The summed E-state index contributed by atoms with van der Waals surface area (Å²) in [6.45, 7) is 3.51. The summed E-state index contributed by atoms with van der Waals surface area (Å²) in [6.07, 6.45) is 5.83. The van der Waals surface area contributed by atoms with Gasteiger partial charge in [-0.2, -0.15) is 5.26 Å². The number of aryl methyl sites for hydroxylation is 2. The van der Waals surface area contributed by atoms with Gasteiger partial charge in [0.25, 0.3) is 0 Å². The molecule has 1 aliphatic heterocycles. The number of anilines is 2. The number of rotatable bonds is 6. The molecule has 2 N–H and O–H groups in total. The van der Waals surface area contributed by atoms with Crippen molar-refractivity contribution in [2.24, 2.45) is 18.7 Å². The number of nitriles is 1. The molecule has 1 saturated heterocycles. The van der Waals surface area contributed by atoms with Gasteiger partial charge in [-0.25, -0.2) is 9.97 Å². The fourth-order valence-corrected chi connectivity index (χ4v) is 4.52. The zero-order valence-electron chi connectivity index (χ0n) is 18.8. The second-order valence-electron chi connectivity index (χ2n) is 8.43. The predicted molar refractivity (Wildman–Crippen MR) is 124 cm³/mol. The first-order valence-electron chi connectivity index (χ1n) is 11.0. The van der Waals surface area contributed by atoms with Crippen LogP contribution in [0.3, 0.4) is 0 Å². The molecule has 3 aromatic rings. The molecule has 1 aromatic carbocycles. The van der Waals surface area contributed by atoms with E-state index in [1.165, 1.54) is 0 Å². The van der Waals surface area contributed by atoms with E-state index in [-0.39, 0.29) is 17.9 Å². The summed E-state index contributed by atoms with van der Waals surface area (Å²) in [5.41, 5.74) is 10.6. The van der Waals surface area contributed by atoms with Crippen molar-refractivity contribution < 1.29 is 4.79 Å². The standard InChI is InChI=1S/C24H29N7O/c1-4-16-11-18(22(13-25)31-9-7-17(8-10-31)24(26)32)5-6-20(16)30(3)23-12-21-19(14-27-23)28-15-29(21)2/h5-6,11-12,14-15,17,22H,4,7-10H2,1-3H3,(H2,26,32). The van der Waals surface area contributed by atoms with Gasteiger partial charge in [0.1, 0.15) is 17.4 Å². The Morgan fingerprint density at radius 1 is 1.31 bits per heavy atom. The van der Waals surface area contributed by atoms with Crippen LogP contribution >= 0.6 is 0 Å².